The standard InChI is InChI=1S/C41H28N2O2S/c1-23-20-24(2)36(25(3)21-23)43-34-19-11-10-18-33(34)41(31-16-8-6-12-26(31)27-13-7-9-17-32(27)41)39-40(43)46-35(42-39)22-30-37(44)28-14-4-5-15-29(28)38(30)45/h4-22H,1-3H3. The molecule has 0 bridgehead atoms. The molecule has 5 heteroatoms. The lowest BCUT2D eigenvalue weighted by atomic mass is 9.67. The fraction of sp³-hybridized carbons (Fsp3) is 0.0976. The van der Waals surface area contributed by atoms with Gasteiger partial charge in [-0.2, -0.15) is 0 Å². The first-order valence-corrected chi connectivity index (χ1v) is 16.3. The summed E-state index contributed by atoms with van der Waals surface area (Å²) in [6, 6.07) is 37.5. The van der Waals surface area contributed by atoms with Crippen molar-refractivity contribution in [2.75, 3.05) is 4.90 Å². The van der Waals surface area contributed by atoms with E-state index in [0.717, 1.165) is 27.6 Å². The zero-order chi connectivity index (χ0) is 31.3. The van der Waals surface area contributed by atoms with Gasteiger partial charge < -0.3 is 0 Å². The van der Waals surface area contributed by atoms with Gasteiger partial charge >= 0.3 is 0 Å². The van der Waals surface area contributed by atoms with E-state index in [1.54, 1.807) is 30.3 Å². The van der Waals surface area contributed by atoms with Crippen molar-refractivity contribution >= 4 is 45.4 Å². The third-order valence-corrected chi connectivity index (χ3v) is 10.7. The second kappa shape index (κ2) is 9.56. The SMILES string of the molecule is Cc1cc(C)c(N2c3ccccc3C3(c4ccccc4-c4ccccc43)c3nc(C=C4C(=O)c5ccccc5C4=O)sc32)c(C)c1. The molecule has 3 aliphatic rings. The Morgan fingerprint density at radius 2 is 1.15 bits per heavy atom. The second-order valence-electron chi connectivity index (χ2n) is 12.4. The predicted octanol–water partition coefficient (Wildman–Crippen LogP) is 9.68. The zero-order valence-electron chi connectivity index (χ0n) is 25.6. The van der Waals surface area contributed by atoms with Crippen LogP contribution in [0.25, 0.3) is 17.2 Å². The molecule has 46 heavy (non-hydrogen) atoms. The van der Waals surface area contributed by atoms with Crippen LogP contribution in [0.4, 0.5) is 16.4 Å². The first kappa shape index (κ1) is 27.0. The van der Waals surface area contributed by atoms with Crippen molar-refractivity contribution in [3.8, 4) is 11.1 Å². The molecule has 2 heterocycles. The van der Waals surface area contributed by atoms with Gasteiger partial charge in [-0.25, -0.2) is 4.98 Å². The number of Topliss-reactive ketones (excluding diaryl/α,β-unsaturated/α-hetero) is 2. The van der Waals surface area contributed by atoms with Gasteiger partial charge in [0.2, 0.25) is 0 Å². The summed E-state index contributed by atoms with van der Waals surface area (Å²) in [5, 5.41) is 1.62. The Balaban J connectivity index is 1.38. The van der Waals surface area contributed by atoms with Crippen LogP contribution in [0.3, 0.4) is 0 Å². The number of thiazole rings is 1. The van der Waals surface area contributed by atoms with Gasteiger partial charge in [0.15, 0.2) is 11.6 Å². The maximum atomic E-state index is 13.5. The number of para-hydroxylation sites is 1. The lowest BCUT2D eigenvalue weighted by molar-refractivity contribution is 0.0990. The van der Waals surface area contributed by atoms with E-state index in [1.807, 2.05) is 0 Å². The fourth-order valence-electron chi connectivity index (χ4n) is 8.06. The molecule has 0 radical (unpaired) electrons. The molecule has 0 atom stereocenters. The monoisotopic (exact) mass is 612 g/mol. The molecule has 220 valence electrons. The van der Waals surface area contributed by atoms with Crippen molar-refractivity contribution in [2.24, 2.45) is 0 Å². The summed E-state index contributed by atoms with van der Waals surface area (Å²) in [7, 11) is 0. The number of aryl methyl sites for hydroxylation is 3. The molecule has 0 amide bonds. The summed E-state index contributed by atoms with van der Waals surface area (Å²) in [6.45, 7) is 6.46. The van der Waals surface area contributed by atoms with Gasteiger partial charge in [-0.1, -0.05) is 120 Å². The molecule has 2 aliphatic carbocycles. The molecule has 0 N–H and O–H groups in total. The number of allylic oxidation sites excluding steroid dienone is 1. The van der Waals surface area contributed by atoms with E-state index in [2.05, 4.69) is 111 Å². The van der Waals surface area contributed by atoms with Crippen LogP contribution >= 0.6 is 11.3 Å². The van der Waals surface area contributed by atoms with Gasteiger partial charge in [0.1, 0.15) is 10.0 Å². The third-order valence-electron chi connectivity index (χ3n) is 9.72. The number of anilines is 3. The minimum absolute atomic E-state index is 0.167. The summed E-state index contributed by atoms with van der Waals surface area (Å²) in [5.74, 6) is -0.490. The number of ketones is 2. The van der Waals surface area contributed by atoms with Crippen molar-refractivity contribution in [3.05, 3.63) is 170 Å². The average Bonchev–Trinajstić information content (AvgIpc) is 3.69. The number of aromatic nitrogens is 1. The minimum Gasteiger partial charge on any atom is -0.299 e. The Morgan fingerprint density at radius 1 is 0.652 bits per heavy atom. The van der Waals surface area contributed by atoms with Crippen LogP contribution in [0.1, 0.15) is 64.8 Å². The number of fused-ring (bicyclic) bond motifs is 10. The van der Waals surface area contributed by atoms with Crippen LogP contribution in [-0.2, 0) is 5.41 Å². The number of carbonyl (C=O) groups excluding carboxylic acids is 2. The molecule has 0 saturated heterocycles. The number of rotatable bonds is 2. The van der Waals surface area contributed by atoms with E-state index in [9.17, 15) is 9.59 Å². The van der Waals surface area contributed by atoms with E-state index < -0.39 is 5.41 Å². The maximum Gasteiger partial charge on any atom is 0.197 e. The largest absolute Gasteiger partial charge is 0.299 e. The molecular weight excluding hydrogens is 585 g/mol. The predicted molar refractivity (Wildman–Crippen MR) is 185 cm³/mol. The molecule has 1 spiro atoms. The molecule has 0 saturated carbocycles. The van der Waals surface area contributed by atoms with E-state index in [4.69, 9.17) is 4.98 Å². The fourth-order valence-corrected chi connectivity index (χ4v) is 9.15. The number of benzene rings is 5. The molecule has 0 fully saturated rings. The van der Waals surface area contributed by atoms with Gasteiger partial charge in [0.25, 0.3) is 0 Å². The average molecular weight is 613 g/mol. The minimum atomic E-state index is -0.679. The second-order valence-corrected chi connectivity index (χ2v) is 13.4. The van der Waals surface area contributed by atoms with E-state index in [0.29, 0.717) is 16.1 Å². The zero-order valence-corrected chi connectivity index (χ0v) is 26.4. The van der Waals surface area contributed by atoms with Crippen LogP contribution in [0, 0.1) is 20.8 Å². The first-order valence-electron chi connectivity index (χ1n) is 15.5. The number of hydrogen-bond donors (Lipinski definition) is 0. The summed E-state index contributed by atoms with van der Waals surface area (Å²) in [4.78, 5) is 34.8. The number of hydrogen-bond acceptors (Lipinski definition) is 5. The highest BCUT2D eigenvalue weighted by atomic mass is 32.1. The van der Waals surface area contributed by atoms with Crippen LogP contribution in [-0.4, -0.2) is 16.6 Å². The quantitative estimate of drug-likeness (QED) is 0.144. The molecule has 1 aromatic heterocycles. The normalized spacial score (nSPS) is 15.0. The highest BCUT2D eigenvalue weighted by Gasteiger charge is 2.54. The lowest BCUT2D eigenvalue weighted by Gasteiger charge is -2.42. The molecule has 6 aromatic rings. The van der Waals surface area contributed by atoms with Gasteiger partial charge in [0.05, 0.1) is 28.1 Å². The van der Waals surface area contributed by atoms with E-state index >= 15 is 0 Å². The third kappa shape index (κ3) is 3.41. The molecule has 9 rings (SSSR count). The van der Waals surface area contributed by atoms with Gasteiger partial charge in [-0.15, -0.1) is 0 Å². The van der Waals surface area contributed by atoms with Crippen LogP contribution in [0.15, 0.2) is 115 Å². The summed E-state index contributed by atoms with van der Waals surface area (Å²) < 4.78 is 0. The van der Waals surface area contributed by atoms with Crippen molar-refractivity contribution in [1.82, 2.24) is 4.98 Å². The summed E-state index contributed by atoms with van der Waals surface area (Å²) in [6.07, 6.45) is 1.71. The summed E-state index contributed by atoms with van der Waals surface area (Å²) >= 11 is 1.54. The highest BCUT2D eigenvalue weighted by Crippen LogP contribution is 2.64. The molecule has 0 unspecified atom stereocenters. The molecule has 4 nitrogen and oxygen atoms in total. The first-order chi connectivity index (χ1) is 22.4. The molecule has 5 aromatic carbocycles. The van der Waals surface area contributed by atoms with Crippen LogP contribution in [0.2, 0.25) is 0 Å². The van der Waals surface area contributed by atoms with Crippen molar-refractivity contribution in [3.63, 3.8) is 0 Å². The van der Waals surface area contributed by atoms with Gasteiger partial charge in [-0.3, -0.25) is 14.5 Å². The van der Waals surface area contributed by atoms with Gasteiger partial charge in [0, 0.05) is 11.1 Å². The summed E-state index contributed by atoms with van der Waals surface area (Å²) in [5.41, 5.74) is 13.0. The highest BCUT2D eigenvalue weighted by molar-refractivity contribution is 7.17. The Labute approximate surface area is 271 Å². The Kier molecular flexibility index (Phi) is 5.60. The number of nitrogens with zero attached hydrogens (tertiary/aromatic N) is 2. The van der Waals surface area contributed by atoms with Gasteiger partial charge in [-0.05, 0) is 71.9 Å². The molecule has 1 aliphatic heterocycles. The smallest absolute Gasteiger partial charge is 0.197 e. The molecular formula is C41H28N2O2S. The number of carbonyl (C=O) groups is 2. The van der Waals surface area contributed by atoms with E-state index in [-0.39, 0.29) is 17.1 Å². The topological polar surface area (TPSA) is 50.3 Å². The maximum absolute atomic E-state index is 13.5. The lowest BCUT2D eigenvalue weighted by Crippen LogP contribution is -2.36. The van der Waals surface area contributed by atoms with Crippen molar-refractivity contribution in [1.29, 1.82) is 0 Å². The van der Waals surface area contributed by atoms with E-state index in [1.165, 1.54) is 50.3 Å². The van der Waals surface area contributed by atoms with Crippen LogP contribution in [0.5, 0.6) is 0 Å². The Bertz CT molecular complexity index is 2260. The Hall–Kier alpha value is -5.39. The van der Waals surface area contributed by atoms with Crippen molar-refractivity contribution in [2.45, 2.75) is 26.2 Å². The Morgan fingerprint density at radius 3 is 1.74 bits per heavy atom. The van der Waals surface area contributed by atoms with Crippen LogP contribution < -0.4 is 4.90 Å². The van der Waals surface area contributed by atoms with Crippen molar-refractivity contribution < 1.29 is 9.59 Å².